The number of nitrogens with two attached hydrogens (primary N) is 1. The van der Waals surface area contributed by atoms with E-state index in [0.717, 1.165) is 19.4 Å². The van der Waals surface area contributed by atoms with Crippen molar-refractivity contribution in [3.8, 4) is 0 Å². The predicted molar refractivity (Wildman–Crippen MR) is 58.8 cm³/mol. The molecule has 15 heavy (non-hydrogen) atoms. The van der Waals surface area contributed by atoms with Crippen molar-refractivity contribution in [2.45, 2.75) is 25.7 Å². The minimum absolute atomic E-state index is 0.0990. The molecule has 86 valence electrons. The number of carbonyl (C=O) groups excluding carboxylic acids is 1. The molecule has 1 amide bonds. The third kappa shape index (κ3) is 1.88. The monoisotopic (exact) mass is 211 g/mol. The molecule has 0 aromatic rings. The Bertz CT molecular complexity index is 261. The van der Waals surface area contributed by atoms with Crippen LogP contribution in [0, 0.1) is 11.3 Å². The largest absolute Gasteiger partial charge is 0.306 e. The number of piperidine rings is 1. The van der Waals surface area contributed by atoms with E-state index in [1.165, 1.54) is 24.4 Å². The first-order valence-corrected chi connectivity index (χ1v) is 5.78. The van der Waals surface area contributed by atoms with E-state index in [0.29, 0.717) is 5.92 Å². The quantitative estimate of drug-likeness (QED) is 0.409. The van der Waals surface area contributed by atoms with Gasteiger partial charge >= 0.3 is 0 Å². The molecule has 2 N–H and O–H groups in total. The summed E-state index contributed by atoms with van der Waals surface area (Å²) in [6, 6.07) is 0. The van der Waals surface area contributed by atoms with Gasteiger partial charge in [-0.15, -0.1) is 0 Å². The summed E-state index contributed by atoms with van der Waals surface area (Å²) < 4.78 is 0. The van der Waals surface area contributed by atoms with Crippen molar-refractivity contribution in [2.24, 2.45) is 17.2 Å². The average Bonchev–Trinajstić information content (AvgIpc) is 2.97. The number of amides is 1. The summed E-state index contributed by atoms with van der Waals surface area (Å²) in [5.41, 5.74) is -0.0990. The first-order chi connectivity index (χ1) is 7.06. The lowest BCUT2D eigenvalue weighted by atomic mass is 9.82. The van der Waals surface area contributed by atoms with Crippen molar-refractivity contribution in [3.05, 3.63) is 0 Å². The van der Waals surface area contributed by atoms with Crippen LogP contribution in [0.1, 0.15) is 25.7 Å². The highest BCUT2D eigenvalue weighted by atomic mass is 16.2. The predicted octanol–water partition coefficient (Wildman–Crippen LogP) is 0.440. The lowest BCUT2D eigenvalue weighted by molar-refractivity contribution is -0.139. The first-order valence-electron chi connectivity index (χ1n) is 5.78. The lowest BCUT2D eigenvalue weighted by Crippen LogP contribution is -2.46. The molecule has 4 heteroatoms. The molecule has 0 aromatic heterocycles. The molecular formula is C11H21N3O. The van der Waals surface area contributed by atoms with Crippen molar-refractivity contribution < 1.29 is 4.79 Å². The average molecular weight is 211 g/mol. The van der Waals surface area contributed by atoms with Gasteiger partial charge in [-0.3, -0.25) is 9.80 Å². The number of likely N-dealkylation sites (tertiary alicyclic amines) is 1. The number of rotatable bonds is 2. The topological polar surface area (TPSA) is 49.6 Å². The molecule has 0 aromatic carbocycles. The fourth-order valence-electron chi connectivity index (χ4n) is 2.90. The van der Waals surface area contributed by atoms with Crippen LogP contribution in [-0.4, -0.2) is 43.0 Å². The van der Waals surface area contributed by atoms with Crippen LogP contribution in [-0.2, 0) is 4.79 Å². The van der Waals surface area contributed by atoms with E-state index in [1.807, 2.05) is 0 Å². The summed E-state index contributed by atoms with van der Waals surface area (Å²) in [6.45, 7) is 2.22. The molecule has 2 aliphatic rings. The third-order valence-corrected chi connectivity index (χ3v) is 3.94. The fourth-order valence-corrected chi connectivity index (χ4v) is 2.90. The summed E-state index contributed by atoms with van der Waals surface area (Å²) in [5.74, 6) is 6.24. The second-order valence-corrected chi connectivity index (χ2v) is 5.17. The summed E-state index contributed by atoms with van der Waals surface area (Å²) >= 11 is 0. The molecular weight excluding hydrogens is 190 g/mol. The molecule has 1 saturated carbocycles. The SMILES string of the molecule is CN1CCCC(C2(C(=O)N(C)N)CC2)C1. The van der Waals surface area contributed by atoms with Gasteiger partial charge in [-0.25, -0.2) is 5.84 Å². The van der Waals surface area contributed by atoms with E-state index >= 15 is 0 Å². The molecule has 0 spiro atoms. The van der Waals surface area contributed by atoms with E-state index < -0.39 is 0 Å². The van der Waals surface area contributed by atoms with Crippen molar-refractivity contribution in [2.75, 3.05) is 27.2 Å². The molecule has 1 unspecified atom stereocenters. The highest BCUT2D eigenvalue weighted by Gasteiger charge is 2.56. The van der Waals surface area contributed by atoms with Crippen LogP contribution in [0.25, 0.3) is 0 Å². The van der Waals surface area contributed by atoms with Crippen LogP contribution >= 0.6 is 0 Å². The summed E-state index contributed by atoms with van der Waals surface area (Å²) in [5, 5.41) is 1.28. The molecule has 0 bridgehead atoms. The van der Waals surface area contributed by atoms with Crippen LogP contribution in [0.4, 0.5) is 0 Å². The maximum absolute atomic E-state index is 12.0. The van der Waals surface area contributed by atoms with Gasteiger partial charge in [0, 0.05) is 13.6 Å². The maximum atomic E-state index is 12.0. The van der Waals surface area contributed by atoms with Gasteiger partial charge in [0.25, 0.3) is 0 Å². The number of nitrogens with zero attached hydrogens (tertiary/aromatic N) is 2. The minimum atomic E-state index is -0.0990. The first kappa shape index (κ1) is 10.9. The fraction of sp³-hybridized carbons (Fsp3) is 0.909. The normalized spacial score (nSPS) is 29.9. The summed E-state index contributed by atoms with van der Waals surface area (Å²) in [4.78, 5) is 14.3. The number of carbonyl (C=O) groups is 1. The smallest absolute Gasteiger partial charge is 0.242 e. The van der Waals surface area contributed by atoms with Gasteiger partial charge in [0.05, 0.1) is 5.41 Å². The molecule has 2 rings (SSSR count). The van der Waals surface area contributed by atoms with E-state index in [-0.39, 0.29) is 11.3 Å². The van der Waals surface area contributed by atoms with Crippen LogP contribution < -0.4 is 5.84 Å². The maximum Gasteiger partial charge on any atom is 0.242 e. The van der Waals surface area contributed by atoms with Gasteiger partial charge in [0.2, 0.25) is 5.91 Å². The number of hydrazine groups is 1. The van der Waals surface area contributed by atoms with Crippen LogP contribution in [0.2, 0.25) is 0 Å². The minimum Gasteiger partial charge on any atom is -0.306 e. The molecule has 1 aliphatic carbocycles. The molecule has 1 saturated heterocycles. The van der Waals surface area contributed by atoms with Gasteiger partial charge < -0.3 is 4.90 Å². The van der Waals surface area contributed by atoms with Gasteiger partial charge in [-0.05, 0) is 45.2 Å². The van der Waals surface area contributed by atoms with Crippen LogP contribution in [0.5, 0.6) is 0 Å². The van der Waals surface area contributed by atoms with E-state index in [4.69, 9.17) is 5.84 Å². The number of hydrogen-bond acceptors (Lipinski definition) is 3. The Morgan fingerprint density at radius 2 is 2.20 bits per heavy atom. The molecule has 1 aliphatic heterocycles. The molecule has 4 nitrogen and oxygen atoms in total. The second kappa shape index (κ2) is 3.76. The van der Waals surface area contributed by atoms with Gasteiger partial charge in [0.15, 0.2) is 0 Å². The molecule has 1 atom stereocenters. The Labute approximate surface area is 91.4 Å². The van der Waals surface area contributed by atoms with E-state index in [2.05, 4.69) is 11.9 Å². The molecule has 2 fully saturated rings. The Hall–Kier alpha value is -0.610. The van der Waals surface area contributed by atoms with Crippen molar-refractivity contribution in [1.29, 1.82) is 0 Å². The Morgan fingerprint density at radius 1 is 1.53 bits per heavy atom. The van der Waals surface area contributed by atoms with Crippen molar-refractivity contribution in [3.63, 3.8) is 0 Å². The zero-order valence-electron chi connectivity index (χ0n) is 9.70. The highest BCUT2D eigenvalue weighted by molar-refractivity contribution is 5.85. The molecule has 0 radical (unpaired) electrons. The van der Waals surface area contributed by atoms with Gasteiger partial charge in [-0.1, -0.05) is 0 Å². The Morgan fingerprint density at radius 3 is 2.67 bits per heavy atom. The number of hydrogen-bond donors (Lipinski definition) is 1. The zero-order chi connectivity index (χ0) is 11.1. The summed E-state index contributed by atoms with van der Waals surface area (Å²) in [6.07, 6.45) is 4.46. The van der Waals surface area contributed by atoms with Crippen molar-refractivity contribution >= 4 is 5.91 Å². The van der Waals surface area contributed by atoms with Gasteiger partial charge in [-0.2, -0.15) is 0 Å². The van der Waals surface area contributed by atoms with Crippen LogP contribution in [0.15, 0.2) is 0 Å². The van der Waals surface area contributed by atoms with E-state index in [1.54, 1.807) is 7.05 Å². The van der Waals surface area contributed by atoms with Crippen molar-refractivity contribution in [1.82, 2.24) is 9.91 Å². The second-order valence-electron chi connectivity index (χ2n) is 5.17. The highest BCUT2D eigenvalue weighted by Crippen LogP contribution is 2.55. The zero-order valence-corrected chi connectivity index (χ0v) is 9.70. The Balaban J connectivity index is 2.05. The lowest BCUT2D eigenvalue weighted by Gasteiger charge is -2.35. The Kier molecular flexibility index (Phi) is 2.73. The third-order valence-electron chi connectivity index (χ3n) is 3.94. The summed E-state index contributed by atoms with van der Waals surface area (Å²) in [7, 11) is 3.80. The van der Waals surface area contributed by atoms with Crippen LogP contribution in [0.3, 0.4) is 0 Å². The van der Waals surface area contributed by atoms with Gasteiger partial charge in [0.1, 0.15) is 0 Å². The van der Waals surface area contributed by atoms with E-state index in [9.17, 15) is 4.79 Å². The standard InChI is InChI=1S/C11H21N3O/c1-13-7-3-4-9(8-13)11(5-6-11)10(15)14(2)12/h9H,3-8,12H2,1-2H3. The molecule has 1 heterocycles.